The summed E-state index contributed by atoms with van der Waals surface area (Å²) >= 11 is 0. The second-order valence-corrected chi connectivity index (χ2v) is 7.17. The molecule has 1 aromatic heterocycles. The van der Waals surface area contributed by atoms with E-state index in [1.54, 1.807) is 13.3 Å². The molecular formula is C24H26N2O4. The van der Waals surface area contributed by atoms with E-state index in [9.17, 15) is 5.11 Å². The van der Waals surface area contributed by atoms with Crippen molar-refractivity contribution in [2.75, 3.05) is 18.6 Å². The Hall–Kier alpha value is -3.09. The summed E-state index contributed by atoms with van der Waals surface area (Å²) in [4.78, 5) is 6.43. The number of nitrogens with zero attached hydrogens (tertiary/aromatic N) is 2. The van der Waals surface area contributed by atoms with E-state index in [2.05, 4.69) is 16.0 Å². The van der Waals surface area contributed by atoms with Gasteiger partial charge in [-0.2, -0.15) is 0 Å². The van der Waals surface area contributed by atoms with Gasteiger partial charge in [0.1, 0.15) is 0 Å². The standard InChI is InChI=1S/C24H26N2O4/c1-28-22-11-10-21(14-23(22)30-24-5-3-13-29-24)26(16-19-4-2-12-25-15-19)20-8-6-18(17-27)7-9-20/h2,4,6-12,14-15,24,27H,3,5,13,16-17H2,1H3. The second-order valence-electron chi connectivity index (χ2n) is 7.17. The van der Waals surface area contributed by atoms with E-state index >= 15 is 0 Å². The average molecular weight is 406 g/mol. The Morgan fingerprint density at radius 1 is 1.07 bits per heavy atom. The molecule has 156 valence electrons. The molecule has 1 atom stereocenters. The first-order valence-corrected chi connectivity index (χ1v) is 10.1. The lowest BCUT2D eigenvalue weighted by molar-refractivity contribution is -0.0402. The van der Waals surface area contributed by atoms with Crippen LogP contribution in [0.5, 0.6) is 11.5 Å². The maximum atomic E-state index is 9.38. The summed E-state index contributed by atoms with van der Waals surface area (Å²) in [6.45, 7) is 1.37. The zero-order valence-corrected chi connectivity index (χ0v) is 17.0. The first-order chi connectivity index (χ1) is 14.8. The molecular weight excluding hydrogens is 380 g/mol. The van der Waals surface area contributed by atoms with Crippen LogP contribution >= 0.6 is 0 Å². The molecule has 30 heavy (non-hydrogen) atoms. The van der Waals surface area contributed by atoms with Crippen LogP contribution in [0.4, 0.5) is 11.4 Å². The van der Waals surface area contributed by atoms with E-state index in [0.29, 0.717) is 18.0 Å². The molecule has 2 heterocycles. The van der Waals surface area contributed by atoms with Gasteiger partial charge in [0.15, 0.2) is 17.8 Å². The molecule has 0 amide bonds. The molecule has 3 aromatic rings. The Morgan fingerprint density at radius 2 is 1.90 bits per heavy atom. The second kappa shape index (κ2) is 9.61. The average Bonchev–Trinajstić information content (AvgIpc) is 3.31. The molecule has 0 spiro atoms. The van der Waals surface area contributed by atoms with Gasteiger partial charge in [-0.05, 0) is 47.9 Å². The largest absolute Gasteiger partial charge is 0.493 e. The molecule has 0 radical (unpaired) electrons. The molecule has 1 saturated heterocycles. The number of rotatable bonds is 8. The SMILES string of the molecule is COc1ccc(N(Cc2cccnc2)c2ccc(CO)cc2)cc1OC1CCCO1. The van der Waals surface area contributed by atoms with Crippen LogP contribution in [-0.4, -0.2) is 30.1 Å². The lowest BCUT2D eigenvalue weighted by Crippen LogP contribution is -2.18. The lowest BCUT2D eigenvalue weighted by atomic mass is 10.1. The number of benzene rings is 2. The molecule has 0 bridgehead atoms. The molecule has 4 rings (SSSR count). The molecule has 2 aromatic carbocycles. The third-order valence-corrected chi connectivity index (χ3v) is 5.10. The Morgan fingerprint density at radius 3 is 2.57 bits per heavy atom. The van der Waals surface area contributed by atoms with Gasteiger partial charge in [0.2, 0.25) is 0 Å². The van der Waals surface area contributed by atoms with Crippen molar-refractivity contribution in [3.8, 4) is 11.5 Å². The highest BCUT2D eigenvalue weighted by atomic mass is 16.7. The number of methoxy groups -OCH3 is 1. The number of aliphatic hydroxyl groups excluding tert-OH is 1. The van der Waals surface area contributed by atoms with Gasteiger partial charge in [-0.15, -0.1) is 0 Å². The van der Waals surface area contributed by atoms with Crippen LogP contribution in [0.3, 0.4) is 0 Å². The Labute approximate surface area is 176 Å². The highest BCUT2D eigenvalue weighted by Gasteiger charge is 2.20. The van der Waals surface area contributed by atoms with Crippen molar-refractivity contribution in [2.45, 2.75) is 32.3 Å². The van der Waals surface area contributed by atoms with Gasteiger partial charge in [-0.3, -0.25) is 4.98 Å². The predicted molar refractivity (Wildman–Crippen MR) is 115 cm³/mol. The summed E-state index contributed by atoms with van der Waals surface area (Å²) in [6.07, 6.45) is 5.25. The molecule has 1 aliphatic heterocycles. The zero-order valence-electron chi connectivity index (χ0n) is 17.0. The molecule has 1 fully saturated rings. The van der Waals surface area contributed by atoms with Gasteiger partial charge >= 0.3 is 0 Å². The fourth-order valence-corrected chi connectivity index (χ4v) is 3.50. The summed E-state index contributed by atoms with van der Waals surface area (Å²) in [5.74, 6) is 1.33. The molecule has 0 saturated carbocycles. The molecule has 1 unspecified atom stereocenters. The minimum atomic E-state index is -0.246. The summed E-state index contributed by atoms with van der Waals surface area (Å²) in [5.41, 5.74) is 3.92. The maximum absolute atomic E-state index is 9.38. The topological polar surface area (TPSA) is 64.1 Å². The van der Waals surface area contributed by atoms with E-state index < -0.39 is 0 Å². The molecule has 0 aliphatic carbocycles. The number of pyridine rings is 1. The predicted octanol–water partition coefficient (Wildman–Crippen LogP) is 4.44. The summed E-state index contributed by atoms with van der Waals surface area (Å²) in [6, 6.07) is 17.8. The third-order valence-electron chi connectivity index (χ3n) is 5.10. The Bertz CT molecular complexity index is 941. The first kappa shape index (κ1) is 20.2. The zero-order chi connectivity index (χ0) is 20.8. The van der Waals surface area contributed by atoms with E-state index in [1.165, 1.54) is 0 Å². The number of hydrogen-bond donors (Lipinski definition) is 1. The van der Waals surface area contributed by atoms with Crippen LogP contribution in [0.15, 0.2) is 67.0 Å². The van der Waals surface area contributed by atoms with E-state index in [4.69, 9.17) is 14.2 Å². The van der Waals surface area contributed by atoms with Gasteiger partial charge < -0.3 is 24.2 Å². The van der Waals surface area contributed by atoms with Crippen molar-refractivity contribution in [3.63, 3.8) is 0 Å². The van der Waals surface area contributed by atoms with Gasteiger partial charge in [0, 0.05) is 42.8 Å². The van der Waals surface area contributed by atoms with Crippen LogP contribution in [0, 0.1) is 0 Å². The highest BCUT2D eigenvalue weighted by Crippen LogP contribution is 2.37. The molecule has 6 nitrogen and oxygen atoms in total. The van der Waals surface area contributed by atoms with Crippen LogP contribution in [0.2, 0.25) is 0 Å². The highest BCUT2D eigenvalue weighted by molar-refractivity contribution is 5.67. The number of ether oxygens (including phenoxy) is 3. The summed E-state index contributed by atoms with van der Waals surface area (Å²) in [7, 11) is 1.64. The minimum Gasteiger partial charge on any atom is -0.493 e. The van der Waals surface area contributed by atoms with Crippen LogP contribution < -0.4 is 14.4 Å². The van der Waals surface area contributed by atoms with Crippen LogP contribution in [-0.2, 0) is 17.9 Å². The van der Waals surface area contributed by atoms with Crippen molar-refractivity contribution < 1.29 is 19.3 Å². The van der Waals surface area contributed by atoms with Crippen LogP contribution in [0.25, 0.3) is 0 Å². The minimum absolute atomic E-state index is 0.0186. The van der Waals surface area contributed by atoms with Crippen LogP contribution in [0.1, 0.15) is 24.0 Å². The summed E-state index contributed by atoms with van der Waals surface area (Å²) < 4.78 is 17.2. The van der Waals surface area contributed by atoms with Gasteiger partial charge in [-0.25, -0.2) is 0 Å². The van der Waals surface area contributed by atoms with E-state index in [-0.39, 0.29) is 12.9 Å². The number of aliphatic hydroxyl groups is 1. The smallest absolute Gasteiger partial charge is 0.200 e. The Balaban J connectivity index is 1.69. The van der Waals surface area contributed by atoms with Gasteiger partial charge in [0.05, 0.1) is 20.3 Å². The van der Waals surface area contributed by atoms with Gasteiger partial charge in [0.25, 0.3) is 0 Å². The van der Waals surface area contributed by atoms with Crippen molar-refractivity contribution in [1.29, 1.82) is 0 Å². The summed E-state index contributed by atoms with van der Waals surface area (Å²) in [5, 5.41) is 9.38. The van der Waals surface area contributed by atoms with Gasteiger partial charge in [-0.1, -0.05) is 18.2 Å². The molecule has 6 heteroatoms. The quantitative estimate of drug-likeness (QED) is 0.597. The number of aromatic nitrogens is 1. The number of anilines is 2. The van der Waals surface area contributed by atoms with Crippen molar-refractivity contribution in [3.05, 3.63) is 78.1 Å². The molecule has 1 N–H and O–H groups in total. The Kier molecular flexibility index (Phi) is 6.47. The molecule has 1 aliphatic rings. The number of hydrogen-bond acceptors (Lipinski definition) is 6. The normalized spacial score (nSPS) is 15.7. The van der Waals surface area contributed by atoms with Crippen molar-refractivity contribution in [1.82, 2.24) is 4.98 Å². The van der Waals surface area contributed by atoms with E-state index in [1.807, 2.05) is 54.7 Å². The van der Waals surface area contributed by atoms with Crippen molar-refractivity contribution in [2.24, 2.45) is 0 Å². The first-order valence-electron chi connectivity index (χ1n) is 10.1. The lowest BCUT2D eigenvalue weighted by Gasteiger charge is -2.26. The van der Waals surface area contributed by atoms with Crippen molar-refractivity contribution >= 4 is 11.4 Å². The fourth-order valence-electron chi connectivity index (χ4n) is 3.50. The third kappa shape index (κ3) is 4.72. The maximum Gasteiger partial charge on any atom is 0.200 e. The van der Waals surface area contributed by atoms with E-state index in [0.717, 1.165) is 42.0 Å². The fraction of sp³-hybridized carbons (Fsp3) is 0.292. The monoisotopic (exact) mass is 406 g/mol.